The molecule has 6 nitrogen and oxygen atoms in total. The van der Waals surface area contributed by atoms with Crippen LogP contribution in [0.4, 0.5) is 13.2 Å². The first-order valence-corrected chi connectivity index (χ1v) is 6.79. The average molecular weight is 322 g/mol. The van der Waals surface area contributed by atoms with Gasteiger partial charge in [-0.1, -0.05) is 13.8 Å². The fourth-order valence-corrected chi connectivity index (χ4v) is 2.39. The standard InChI is InChI=1S/C13H17F3N2O4/c1-6(2)7-4-18(10-3-8(20)9(5-19)22-10)12(21)17-11(7)13(14,15)16/h4,6,8-10,19-20H,3,5H2,1-2H3/t8-,9+,10+/m0/s1. The number of hydrogen-bond donors (Lipinski definition) is 2. The van der Waals surface area contributed by atoms with E-state index in [2.05, 4.69) is 4.98 Å². The molecule has 0 radical (unpaired) electrons. The minimum Gasteiger partial charge on any atom is -0.394 e. The summed E-state index contributed by atoms with van der Waals surface area (Å²) in [6, 6.07) is 0. The van der Waals surface area contributed by atoms with Crippen LogP contribution >= 0.6 is 0 Å². The highest BCUT2D eigenvalue weighted by atomic mass is 19.4. The van der Waals surface area contributed by atoms with Gasteiger partial charge in [-0.25, -0.2) is 4.79 Å². The average Bonchev–Trinajstić information content (AvgIpc) is 2.78. The zero-order valence-corrected chi connectivity index (χ0v) is 12.0. The quantitative estimate of drug-likeness (QED) is 0.868. The number of nitrogens with zero attached hydrogens (tertiary/aromatic N) is 2. The van der Waals surface area contributed by atoms with Gasteiger partial charge in [-0.15, -0.1) is 0 Å². The van der Waals surface area contributed by atoms with Gasteiger partial charge in [-0.3, -0.25) is 4.57 Å². The van der Waals surface area contributed by atoms with E-state index < -0.39 is 48.5 Å². The predicted molar refractivity (Wildman–Crippen MR) is 69.2 cm³/mol. The molecule has 9 heteroatoms. The highest BCUT2D eigenvalue weighted by molar-refractivity contribution is 5.23. The highest BCUT2D eigenvalue weighted by Gasteiger charge is 2.39. The van der Waals surface area contributed by atoms with Crippen molar-refractivity contribution in [2.45, 2.75) is 50.8 Å². The molecule has 3 atom stereocenters. The number of hydrogen-bond acceptors (Lipinski definition) is 5. The minimum absolute atomic E-state index is 0.00425. The fourth-order valence-electron chi connectivity index (χ4n) is 2.39. The van der Waals surface area contributed by atoms with Gasteiger partial charge >= 0.3 is 11.9 Å². The summed E-state index contributed by atoms with van der Waals surface area (Å²) in [5.74, 6) is -0.504. The molecule has 124 valence electrons. The fraction of sp³-hybridized carbons (Fsp3) is 0.692. The van der Waals surface area contributed by atoms with Gasteiger partial charge in [0.05, 0.1) is 12.7 Å². The summed E-state index contributed by atoms with van der Waals surface area (Å²) in [5.41, 5.74) is -2.44. The van der Waals surface area contributed by atoms with Gasteiger partial charge in [0.2, 0.25) is 0 Å². The van der Waals surface area contributed by atoms with Crippen molar-refractivity contribution in [3.63, 3.8) is 0 Å². The molecule has 1 saturated heterocycles. The molecule has 1 aromatic heterocycles. The van der Waals surface area contributed by atoms with Crippen LogP contribution in [0.2, 0.25) is 0 Å². The van der Waals surface area contributed by atoms with Crippen molar-refractivity contribution in [3.8, 4) is 0 Å². The zero-order chi connectivity index (χ0) is 16.7. The third-order valence-electron chi connectivity index (χ3n) is 3.56. The lowest BCUT2D eigenvalue weighted by molar-refractivity contribution is -0.142. The predicted octanol–water partition coefficient (Wildman–Crippen LogP) is 1.03. The molecule has 2 heterocycles. The van der Waals surface area contributed by atoms with Crippen molar-refractivity contribution < 1.29 is 28.1 Å². The molecule has 0 unspecified atom stereocenters. The van der Waals surface area contributed by atoms with E-state index in [4.69, 9.17) is 9.84 Å². The molecule has 0 bridgehead atoms. The van der Waals surface area contributed by atoms with Gasteiger partial charge in [0.15, 0.2) is 5.69 Å². The Morgan fingerprint density at radius 2 is 2.14 bits per heavy atom. The summed E-state index contributed by atoms with van der Waals surface area (Å²) in [6.07, 6.45) is -6.47. The van der Waals surface area contributed by atoms with Crippen LogP contribution in [0, 0.1) is 0 Å². The topological polar surface area (TPSA) is 84.6 Å². The summed E-state index contributed by atoms with van der Waals surface area (Å²) in [4.78, 5) is 15.0. The smallest absolute Gasteiger partial charge is 0.394 e. The number of aliphatic hydroxyl groups is 2. The van der Waals surface area contributed by atoms with E-state index in [-0.39, 0.29) is 12.0 Å². The molecule has 2 N–H and O–H groups in total. The molecule has 2 rings (SSSR count). The van der Waals surface area contributed by atoms with Crippen molar-refractivity contribution in [1.29, 1.82) is 0 Å². The number of aromatic nitrogens is 2. The van der Waals surface area contributed by atoms with Crippen LogP contribution in [0.15, 0.2) is 11.0 Å². The van der Waals surface area contributed by atoms with Crippen molar-refractivity contribution in [3.05, 3.63) is 27.9 Å². The van der Waals surface area contributed by atoms with Crippen LogP contribution in [0.25, 0.3) is 0 Å². The van der Waals surface area contributed by atoms with Crippen LogP contribution in [0.5, 0.6) is 0 Å². The molecular weight excluding hydrogens is 305 g/mol. The van der Waals surface area contributed by atoms with Gasteiger partial charge in [0.25, 0.3) is 0 Å². The number of rotatable bonds is 3. The number of halogens is 3. The van der Waals surface area contributed by atoms with Crippen molar-refractivity contribution >= 4 is 0 Å². The largest absolute Gasteiger partial charge is 0.433 e. The molecule has 22 heavy (non-hydrogen) atoms. The summed E-state index contributed by atoms with van der Waals surface area (Å²) in [5, 5.41) is 18.7. The normalized spacial score (nSPS) is 25.9. The summed E-state index contributed by atoms with van der Waals surface area (Å²) >= 11 is 0. The summed E-state index contributed by atoms with van der Waals surface area (Å²) < 4.78 is 45.1. The number of alkyl halides is 3. The second-order valence-electron chi connectivity index (χ2n) is 5.50. The molecule has 1 fully saturated rings. The second kappa shape index (κ2) is 5.98. The van der Waals surface area contributed by atoms with Crippen LogP contribution < -0.4 is 5.69 Å². The first kappa shape index (κ1) is 16.9. The van der Waals surface area contributed by atoms with Gasteiger partial charge < -0.3 is 14.9 Å². The third-order valence-corrected chi connectivity index (χ3v) is 3.56. The van der Waals surface area contributed by atoms with E-state index in [0.717, 1.165) is 10.8 Å². The minimum atomic E-state index is -4.72. The SMILES string of the molecule is CC(C)c1cn([C@H]2C[C@H](O)[C@@H](CO)O2)c(=O)nc1C(F)(F)F. The summed E-state index contributed by atoms with van der Waals surface area (Å²) in [6.45, 7) is 2.67. The Kier molecular flexibility index (Phi) is 4.59. The molecular formula is C13H17F3N2O4. The Morgan fingerprint density at radius 1 is 1.50 bits per heavy atom. The number of ether oxygens (including phenoxy) is 1. The Morgan fingerprint density at radius 3 is 2.59 bits per heavy atom. The lowest BCUT2D eigenvalue weighted by Crippen LogP contribution is -2.31. The highest BCUT2D eigenvalue weighted by Crippen LogP contribution is 2.34. The molecule has 1 aliphatic heterocycles. The molecule has 1 aromatic rings. The van der Waals surface area contributed by atoms with Gasteiger partial charge in [-0.05, 0) is 5.92 Å². The maximum Gasteiger partial charge on any atom is 0.433 e. The van der Waals surface area contributed by atoms with E-state index in [1.165, 1.54) is 0 Å². The van der Waals surface area contributed by atoms with Crippen LogP contribution in [0.3, 0.4) is 0 Å². The second-order valence-corrected chi connectivity index (χ2v) is 5.50. The molecule has 0 spiro atoms. The maximum absolute atomic E-state index is 13.0. The Hall–Kier alpha value is -1.45. The van der Waals surface area contributed by atoms with Gasteiger partial charge in [0.1, 0.15) is 12.3 Å². The monoisotopic (exact) mass is 322 g/mol. The Balaban J connectivity index is 2.47. The molecule has 0 saturated carbocycles. The van der Waals surface area contributed by atoms with Crippen LogP contribution in [-0.2, 0) is 10.9 Å². The Labute approximate surface area is 124 Å². The molecule has 1 aliphatic rings. The lowest BCUT2D eigenvalue weighted by atomic mass is 10.0. The van der Waals surface area contributed by atoms with Gasteiger partial charge in [0, 0.05) is 18.2 Å². The third kappa shape index (κ3) is 3.16. The van der Waals surface area contributed by atoms with E-state index in [1.807, 2.05) is 0 Å². The molecule has 0 aromatic carbocycles. The van der Waals surface area contributed by atoms with Gasteiger partial charge in [-0.2, -0.15) is 18.2 Å². The molecule has 0 aliphatic carbocycles. The van der Waals surface area contributed by atoms with Crippen molar-refractivity contribution in [1.82, 2.24) is 9.55 Å². The van der Waals surface area contributed by atoms with Crippen LogP contribution in [-0.4, -0.2) is 38.6 Å². The van der Waals surface area contributed by atoms with Crippen molar-refractivity contribution in [2.75, 3.05) is 6.61 Å². The molecule has 0 amide bonds. The first-order chi connectivity index (χ1) is 10.1. The Bertz CT molecular complexity index is 600. The van der Waals surface area contributed by atoms with E-state index in [9.17, 15) is 23.1 Å². The first-order valence-electron chi connectivity index (χ1n) is 6.79. The van der Waals surface area contributed by atoms with Crippen LogP contribution in [0.1, 0.15) is 43.7 Å². The summed E-state index contributed by atoms with van der Waals surface area (Å²) in [7, 11) is 0. The van der Waals surface area contributed by atoms with E-state index >= 15 is 0 Å². The van der Waals surface area contributed by atoms with E-state index in [0.29, 0.717) is 0 Å². The lowest BCUT2D eigenvalue weighted by Gasteiger charge is -2.19. The number of aliphatic hydroxyl groups excluding tert-OH is 2. The van der Waals surface area contributed by atoms with Crippen molar-refractivity contribution in [2.24, 2.45) is 0 Å². The maximum atomic E-state index is 13.0. The van der Waals surface area contributed by atoms with E-state index in [1.54, 1.807) is 13.8 Å². The zero-order valence-electron chi connectivity index (χ0n) is 12.0.